The maximum atomic E-state index is 13.9. The van der Waals surface area contributed by atoms with Crippen LogP contribution in [0.15, 0.2) is 65.6 Å². The monoisotopic (exact) mass is 588 g/mol. The molecular weight excluding hydrogens is 540 g/mol. The van der Waals surface area contributed by atoms with Gasteiger partial charge in [-0.1, -0.05) is 82.6 Å². The first-order chi connectivity index (χ1) is 19.4. The molecule has 3 N–H and O–H groups in total. The van der Waals surface area contributed by atoms with Gasteiger partial charge in [0.05, 0.1) is 23.6 Å². The molecule has 2 amide bonds. The molecule has 0 bridgehead atoms. The molecular formula is C31H48N4O5S. The van der Waals surface area contributed by atoms with E-state index < -0.39 is 28.2 Å². The number of sulfonamides is 1. The van der Waals surface area contributed by atoms with Gasteiger partial charge in [-0.05, 0) is 49.4 Å². The summed E-state index contributed by atoms with van der Waals surface area (Å²) in [6.45, 7) is 8.02. The van der Waals surface area contributed by atoms with Gasteiger partial charge in [-0.2, -0.15) is 4.31 Å². The van der Waals surface area contributed by atoms with E-state index in [0.717, 1.165) is 5.56 Å². The van der Waals surface area contributed by atoms with Gasteiger partial charge in [0.25, 0.3) is 0 Å². The van der Waals surface area contributed by atoms with Gasteiger partial charge in [-0.25, -0.2) is 8.42 Å². The molecule has 0 radical (unpaired) electrons. The van der Waals surface area contributed by atoms with Gasteiger partial charge in [0.15, 0.2) is 0 Å². The van der Waals surface area contributed by atoms with Crippen molar-refractivity contribution in [3.05, 3.63) is 66.2 Å². The fourth-order valence-electron chi connectivity index (χ4n) is 4.62. The number of carbonyl (C=O) groups excluding carboxylic acids is 2. The minimum absolute atomic E-state index is 0.0716. The molecule has 228 valence electrons. The summed E-state index contributed by atoms with van der Waals surface area (Å²) in [5.74, 6) is -0.527. The van der Waals surface area contributed by atoms with E-state index in [0.29, 0.717) is 19.3 Å². The highest BCUT2D eigenvalue weighted by Gasteiger charge is 2.36. The van der Waals surface area contributed by atoms with Crippen LogP contribution < -0.4 is 10.6 Å². The maximum Gasteiger partial charge on any atom is 0.245 e. The number of nitrogens with zero attached hydrogens (tertiary/aromatic N) is 2. The molecule has 0 fully saturated rings. The fraction of sp³-hybridized carbons (Fsp3) is 0.548. The van der Waals surface area contributed by atoms with E-state index in [9.17, 15) is 23.1 Å². The van der Waals surface area contributed by atoms with Crippen molar-refractivity contribution in [3.8, 4) is 0 Å². The number of nitrogens with one attached hydrogen (secondary N) is 2. The summed E-state index contributed by atoms with van der Waals surface area (Å²) < 4.78 is 28.7. The smallest absolute Gasteiger partial charge is 0.245 e. The molecule has 2 aromatic carbocycles. The first kappa shape index (κ1) is 34.4. The summed E-state index contributed by atoms with van der Waals surface area (Å²) in [5.41, 5.74) is 0.898. The van der Waals surface area contributed by atoms with Crippen molar-refractivity contribution in [1.29, 1.82) is 0 Å². The highest BCUT2D eigenvalue weighted by molar-refractivity contribution is 7.89. The van der Waals surface area contributed by atoms with Gasteiger partial charge in [0.1, 0.15) is 6.04 Å². The number of hydrogen-bond acceptors (Lipinski definition) is 6. The maximum absolute atomic E-state index is 13.9. The lowest BCUT2D eigenvalue weighted by Gasteiger charge is -2.37. The molecule has 0 saturated carbocycles. The molecule has 9 nitrogen and oxygen atoms in total. The Morgan fingerprint density at radius 3 is 2.10 bits per heavy atom. The Hall–Kier alpha value is -2.79. The van der Waals surface area contributed by atoms with Crippen LogP contribution in [0.25, 0.3) is 0 Å². The molecule has 0 aliphatic heterocycles. The number of aliphatic hydroxyl groups is 1. The number of amides is 2. The van der Waals surface area contributed by atoms with Crippen LogP contribution in [0.5, 0.6) is 0 Å². The molecule has 0 heterocycles. The number of aliphatic hydroxyl groups excluding tert-OH is 1. The zero-order chi connectivity index (χ0) is 30.6. The van der Waals surface area contributed by atoms with E-state index in [-0.39, 0.29) is 48.2 Å². The lowest BCUT2D eigenvalue weighted by molar-refractivity contribution is -0.140. The standard InChI is InChI=1S/C31H48N4O5S/c1-7-24(4)30(33-29(37)21-32-5)31(38)34(6)27(20-25-14-10-8-11-15-25)28(36)22-35(19-18-23(2)3)41(39,40)26-16-12-9-13-17-26/h8-17,23-24,27-28,30,32,36H,7,18-22H2,1-6H3,(H,33,37)/t24?,27-,28+,30-/m0/s1. The summed E-state index contributed by atoms with van der Waals surface area (Å²) in [7, 11) is -0.621. The lowest BCUT2D eigenvalue weighted by Crippen LogP contribution is -2.58. The van der Waals surface area contributed by atoms with Gasteiger partial charge < -0.3 is 20.6 Å². The number of benzene rings is 2. The molecule has 0 saturated heterocycles. The number of carbonyl (C=O) groups is 2. The second-order valence-corrected chi connectivity index (χ2v) is 13.0. The van der Waals surface area contributed by atoms with Crippen molar-refractivity contribution < 1.29 is 23.1 Å². The SMILES string of the molecule is CCC(C)[C@H](NC(=O)CNC)C(=O)N(C)[C@@H](Cc1ccccc1)[C@H](O)CN(CCC(C)C)S(=O)(=O)c1ccccc1. The third kappa shape index (κ3) is 10.2. The average molecular weight is 589 g/mol. The zero-order valence-electron chi connectivity index (χ0n) is 25.3. The van der Waals surface area contributed by atoms with Gasteiger partial charge >= 0.3 is 0 Å². The Bertz CT molecular complexity index is 1180. The topological polar surface area (TPSA) is 119 Å². The van der Waals surface area contributed by atoms with Gasteiger partial charge in [-0.3, -0.25) is 9.59 Å². The number of likely N-dealkylation sites (N-methyl/N-ethyl adjacent to an activating group) is 2. The van der Waals surface area contributed by atoms with Crippen LogP contribution in [-0.2, 0) is 26.0 Å². The first-order valence-corrected chi connectivity index (χ1v) is 15.8. The molecule has 0 spiro atoms. The van der Waals surface area contributed by atoms with Crippen LogP contribution in [0.3, 0.4) is 0 Å². The number of hydrogen-bond donors (Lipinski definition) is 3. The van der Waals surface area contributed by atoms with Crippen molar-refractivity contribution in [3.63, 3.8) is 0 Å². The number of rotatable bonds is 17. The van der Waals surface area contributed by atoms with Crippen molar-refractivity contribution in [2.75, 3.05) is 33.7 Å². The van der Waals surface area contributed by atoms with Crippen molar-refractivity contribution in [2.24, 2.45) is 11.8 Å². The van der Waals surface area contributed by atoms with E-state index in [1.807, 2.05) is 58.0 Å². The summed E-state index contributed by atoms with van der Waals surface area (Å²) in [6, 6.07) is 16.1. The van der Waals surface area contributed by atoms with E-state index in [1.54, 1.807) is 44.4 Å². The molecule has 2 rings (SSSR count). The molecule has 1 unspecified atom stereocenters. The van der Waals surface area contributed by atoms with E-state index in [2.05, 4.69) is 10.6 Å². The third-order valence-electron chi connectivity index (χ3n) is 7.44. The molecule has 0 aliphatic rings. The normalized spacial score (nSPS) is 14.9. The van der Waals surface area contributed by atoms with Crippen LogP contribution in [0.2, 0.25) is 0 Å². The predicted octanol–water partition coefficient (Wildman–Crippen LogP) is 2.90. The van der Waals surface area contributed by atoms with Crippen molar-refractivity contribution >= 4 is 21.8 Å². The van der Waals surface area contributed by atoms with Gasteiger partial charge in [0.2, 0.25) is 21.8 Å². The minimum Gasteiger partial charge on any atom is -0.390 e. The van der Waals surface area contributed by atoms with Crippen LogP contribution in [0.1, 0.15) is 46.1 Å². The highest BCUT2D eigenvalue weighted by Crippen LogP contribution is 2.21. The highest BCUT2D eigenvalue weighted by atomic mass is 32.2. The molecule has 0 aliphatic carbocycles. The zero-order valence-corrected chi connectivity index (χ0v) is 26.1. The molecule has 2 aromatic rings. The summed E-state index contributed by atoms with van der Waals surface area (Å²) in [5, 5.41) is 17.3. The Morgan fingerprint density at radius 2 is 1.56 bits per heavy atom. The van der Waals surface area contributed by atoms with Crippen LogP contribution in [0.4, 0.5) is 0 Å². The van der Waals surface area contributed by atoms with Crippen molar-refractivity contribution in [2.45, 2.75) is 70.0 Å². The van der Waals surface area contributed by atoms with E-state index in [4.69, 9.17) is 0 Å². The molecule has 10 heteroatoms. The second kappa shape index (κ2) is 16.6. The minimum atomic E-state index is -3.89. The first-order valence-electron chi connectivity index (χ1n) is 14.4. The lowest BCUT2D eigenvalue weighted by atomic mass is 9.94. The second-order valence-electron chi connectivity index (χ2n) is 11.1. The van der Waals surface area contributed by atoms with Gasteiger partial charge in [-0.15, -0.1) is 0 Å². The summed E-state index contributed by atoms with van der Waals surface area (Å²) in [6.07, 6.45) is 0.393. The Kier molecular flexibility index (Phi) is 13.9. The molecule has 41 heavy (non-hydrogen) atoms. The Balaban J connectivity index is 2.44. The molecule has 4 atom stereocenters. The largest absolute Gasteiger partial charge is 0.390 e. The van der Waals surface area contributed by atoms with Crippen molar-refractivity contribution in [1.82, 2.24) is 19.8 Å². The van der Waals surface area contributed by atoms with E-state index >= 15 is 0 Å². The third-order valence-corrected chi connectivity index (χ3v) is 9.32. The van der Waals surface area contributed by atoms with Crippen LogP contribution in [-0.4, -0.2) is 86.5 Å². The van der Waals surface area contributed by atoms with Gasteiger partial charge in [0, 0.05) is 20.1 Å². The fourth-order valence-corrected chi connectivity index (χ4v) is 6.12. The summed E-state index contributed by atoms with van der Waals surface area (Å²) >= 11 is 0. The quantitative estimate of drug-likeness (QED) is 0.262. The molecule has 0 aromatic heterocycles. The Labute approximate surface area is 246 Å². The van der Waals surface area contributed by atoms with Crippen LogP contribution >= 0.6 is 0 Å². The Morgan fingerprint density at radius 1 is 0.976 bits per heavy atom. The van der Waals surface area contributed by atoms with E-state index in [1.165, 1.54) is 9.21 Å². The average Bonchev–Trinajstić information content (AvgIpc) is 2.96. The summed E-state index contributed by atoms with van der Waals surface area (Å²) in [4.78, 5) is 28.0. The van der Waals surface area contributed by atoms with Crippen LogP contribution in [0, 0.1) is 11.8 Å². The predicted molar refractivity (Wildman–Crippen MR) is 163 cm³/mol.